The molecule has 8 heteroatoms. The molecule has 0 fully saturated rings. The largest absolute Gasteiger partial charge is 0.491 e. The molecule has 3 aromatic rings. The van der Waals surface area contributed by atoms with Crippen LogP contribution in [-0.4, -0.2) is 47.8 Å². The number of pyridine rings is 1. The summed E-state index contributed by atoms with van der Waals surface area (Å²) < 4.78 is 16.6. The van der Waals surface area contributed by atoms with Crippen LogP contribution >= 0.6 is 0 Å². The molecule has 0 saturated heterocycles. The predicted octanol–water partition coefficient (Wildman–Crippen LogP) is 4.49. The van der Waals surface area contributed by atoms with Crippen LogP contribution in [0, 0.1) is 0 Å². The first kappa shape index (κ1) is 22.3. The van der Waals surface area contributed by atoms with E-state index < -0.39 is 5.97 Å². The van der Waals surface area contributed by atoms with Gasteiger partial charge in [-0.3, -0.25) is 9.59 Å². The van der Waals surface area contributed by atoms with E-state index in [0.717, 1.165) is 0 Å². The Bertz CT molecular complexity index is 1180. The van der Waals surface area contributed by atoms with E-state index in [1.807, 2.05) is 6.92 Å². The van der Waals surface area contributed by atoms with Gasteiger partial charge >= 0.3 is 5.97 Å². The molecule has 0 saturated carbocycles. The van der Waals surface area contributed by atoms with Crippen molar-refractivity contribution in [2.75, 3.05) is 20.3 Å². The van der Waals surface area contributed by atoms with E-state index in [0.29, 0.717) is 51.9 Å². The number of aromatic amines is 1. The summed E-state index contributed by atoms with van der Waals surface area (Å²) >= 11 is 0. The molecule has 2 aromatic heterocycles. The number of nitrogens with zero attached hydrogens (tertiary/aromatic N) is 1. The molecule has 2 heterocycles. The monoisotopic (exact) mass is 426 g/mol. The van der Waals surface area contributed by atoms with E-state index in [2.05, 4.69) is 9.97 Å². The molecule has 0 radical (unpaired) electrons. The number of esters is 1. The van der Waals surface area contributed by atoms with Gasteiger partial charge in [0.05, 0.1) is 31.4 Å². The molecule has 8 nitrogen and oxygen atoms in total. The Hall–Kier alpha value is -3.42. The summed E-state index contributed by atoms with van der Waals surface area (Å²) in [5, 5.41) is 1.05. The standard InChI is InChI=1S/C23H26N2O6/c1-6-16(26)12-10-15(23(28)31-9-4)25-20-18(12)19-13(11-14(24-19)17(27)7-2)21(30-8-3)22(20)29-5/h10-11,25H,6-9H2,1-5H3. The molecule has 0 aliphatic carbocycles. The lowest BCUT2D eigenvalue weighted by molar-refractivity contribution is 0.0519. The number of hydrogen-bond acceptors (Lipinski definition) is 7. The van der Waals surface area contributed by atoms with Crippen LogP contribution < -0.4 is 9.47 Å². The van der Waals surface area contributed by atoms with Gasteiger partial charge in [-0.15, -0.1) is 0 Å². The zero-order valence-corrected chi connectivity index (χ0v) is 18.4. The van der Waals surface area contributed by atoms with E-state index in [-0.39, 0.29) is 36.0 Å². The van der Waals surface area contributed by atoms with E-state index in [9.17, 15) is 14.4 Å². The van der Waals surface area contributed by atoms with Gasteiger partial charge in [-0.2, -0.15) is 0 Å². The number of carbonyl (C=O) groups is 3. The minimum atomic E-state index is -0.591. The summed E-state index contributed by atoms with van der Waals surface area (Å²) in [6.07, 6.45) is 0.516. The number of ether oxygens (including phenoxy) is 3. The van der Waals surface area contributed by atoms with E-state index in [1.165, 1.54) is 13.2 Å². The van der Waals surface area contributed by atoms with Crippen molar-refractivity contribution in [1.29, 1.82) is 0 Å². The van der Waals surface area contributed by atoms with Crippen molar-refractivity contribution >= 4 is 39.3 Å². The van der Waals surface area contributed by atoms with Crippen molar-refractivity contribution in [2.45, 2.75) is 40.5 Å². The maximum absolute atomic E-state index is 12.9. The lowest BCUT2D eigenvalue weighted by Crippen LogP contribution is -2.11. The summed E-state index contributed by atoms with van der Waals surface area (Å²) in [5.41, 5.74) is 1.54. The number of fused-ring (bicyclic) bond motifs is 3. The van der Waals surface area contributed by atoms with Crippen molar-refractivity contribution in [3.05, 3.63) is 29.1 Å². The lowest BCUT2D eigenvalue weighted by Gasteiger charge is -2.17. The van der Waals surface area contributed by atoms with Crippen LogP contribution in [0.1, 0.15) is 71.9 Å². The fourth-order valence-corrected chi connectivity index (χ4v) is 3.55. The fourth-order valence-electron chi connectivity index (χ4n) is 3.55. The van der Waals surface area contributed by atoms with Crippen molar-refractivity contribution in [3.63, 3.8) is 0 Å². The van der Waals surface area contributed by atoms with Gasteiger partial charge in [0, 0.05) is 29.2 Å². The molecular weight excluding hydrogens is 400 g/mol. The molecule has 1 aromatic carbocycles. The van der Waals surface area contributed by atoms with Crippen molar-refractivity contribution in [2.24, 2.45) is 0 Å². The van der Waals surface area contributed by atoms with Crippen LogP contribution in [0.2, 0.25) is 0 Å². The second kappa shape index (κ2) is 9.16. The second-order valence-corrected chi connectivity index (χ2v) is 6.82. The number of hydrogen-bond donors (Lipinski definition) is 1. The van der Waals surface area contributed by atoms with Gasteiger partial charge in [0.2, 0.25) is 0 Å². The molecule has 0 aliphatic rings. The first-order valence-corrected chi connectivity index (χ1v) is 10.3. The number of ketones is 2. The van der Waals surface area contributed by atoms with E-state index in [4.69, 9.17) is 14.2 Å². The third-order valence-electron chi connectivity index (χ3n) is 4.97. The minimum Gasteiger partial charge on any atom is -0.491 e. The van der Waals surface area contributed by atoms with Crippen LogP contribution in [0.5, 0.6) is 11.5 Å². The number of H-pyrrole nitrogens is 1. The first-order valence-electron chi connectivity index (χ1n) is 10.3. The highest BCUT2D eigenvalue weighted by Gasteiger charge is 2.26. The third-order valence-corrected chi connectivity index (χ3v) is 4.97. The Morgan fingerprint density at radius 3 is 2.26 bits per heavy atom. The Morgan fingerprint density at radius 2 is 1.68 bits per heavy atom. The van der Waals surface area contributed by atoms with E-state index in [1.54, 1.807) is 26.8 Å². The summed E-state index contributed by atoms with van der Waals surface area (Å²) in [4.78, 5) is 45.3. The van der Waals surface area contributed by atoms with E-state index >= 15 is 0 Å². The summed E-state index contributed by atoms with van der Waals surface area (Å²) in [6.45, 7) is 7.56. The van der Waals surface area contributed by atoms with Crippen LogP contribution in [-0.2, 0) is 4.74 Å². The molecule has 164 valence electrons. The summed E-state index contributed by atoms with van der Waals surface area (Å²) in [6, 6.07) is 3.13. The summed E-state index contributed by atoms with van der Waals surface area (Å²) in [7, 11) is 1.48. The van der Waals surface area contributed by atoms with Crippen molar-refractivity contribution in [1.82, 2.24) is 9.97 Å². The molecule has 1 N–H and O–H groups in total. The SMILES string of the molecule is CCOC(=O)c1cc(C(=O)CC)c2c([nH]1)c(OC)c(OCC)c1cc(C(=O)CC)nc12. The van der Waals surface area contributed by atoms with Gasteiger partial charge in [-0.1, -0.05) is 13.8 Å². The molecule has 0 unspecified atom stereocenters. The number of methoxy groups -OCH3 is 1. The fraction of sp³-hybridized carbons (Fsp3) is 0.391. The molecule has 31 heavy (non-hydrogen) atoms. The Morgan fingerprint density at radius 1 is 0.968 bits per heavy atom. The lowest BCUT2D eigenvalue weighted by atomic mass is 9.99. The smallest absolute Gasteiger partial charge is 0.354 e. The zero-order valence-electron chi connectivity index (χ0n) is 18.4. The number of aromatic nitrogens is 2. The van der Waals surface area contributed by atoms with Crippen molar-refractivity contribution < 1.29 is 28.6 Å². The maximum atomic E-state index is 12.9. The molecular formula is C23H26N2O6. The molecule has 0 spiro atoms. The molecule has 0 bridgehead atoms. The minimum absolute atomic E-state index is 0.114. The normalized spacial score (nSPS) is 11.0. The van der Waals surface area contributed by atoms with Gasteiger partial charge in [0.1, 0.15) is 11.4 Å². The van der Waals surface area contributed by atoms with Crippen LogP contribution in [0.3, 0.4) is 0 Å². The number of carbonyl (C=O) groups excluding carboxylic acids is 3. The topological polar surface area (TPSA) is 108 Å². The van der Waals surface area contributed by atoms with Gasteiger partial charge < -0.3 is 19.2 Å². The quantitative estimate of drug-likeness (QED) is 0.397. The highest BCUT2D eigenvalue weighted by atomic mass is 16.5. The van der Waals surface area contributed by atoms with Crippen LogP contribution in [0.25, 0.3) is 21.8 Å². The maximum Gasteiger partial charge on any atom is 0.354 e. The Balaban J connectivity index is 2.54. The third kappa shape index (κ3) is 3.85. The molecule has 0 aliphatic heterocycles. The summed E-state index contributed by atoms with van der Waals surface area (Å²) in [5.74, 6) is -0.178. The van der Waals surface area contributed by atoms with Gasteiger partial charge in [-0.05, 0) is 26.0 Å². The number of benzene rings is 1. The molecule has 0 amide bonds. The number of rotatable bonds is 9. The Labute approximate surface area is 179 Å². The number of nitrogens with one attached hydrogen (secondary N) is 1. The average Bonchev–Trinajstić information content (AvgIpc) is 3.23. The molecule has 3 rings (SSSR count). The van der Waals surface area contributed by atoms with Gasteiger partial charge in [-0.25, -0.2) is 9.78 Å². The van der Waals surface area contributed by atoms with Crippen molar-refractivity contribution in [3.8, 4) is 11.5 Å². The highest BCUT2D eigenvalue weighted by molar-refractivity contribution is 6.21. The zero-order chi connectivity index (χ0) is 22.7. The second-order valence-electron chi connectivity index (χ2n) is 6.82. The average molecular weight is 426 g/mol. The van der Waals surface area contributed by atoms with Crippen LogP contribution in [0.4, 0.5) is 0 Å². The first-order chi connectivity index (χ1) is 14.9. The predicted molar refractivity (Wildman–Crippen MR) is 117 cm³/mol. The highest BCUT2D eigenvalue weighted by Crippen LogP contribution is 2.44. The van der Waals surface area contributed by atoms with Gasteiger partial charge in [0.25, 0.3) is 0 Å². The number of Topliss-reactive ketones (excluding diaryl/α,β-unsaturated/α-hetero) is 2. The Kier molecular flexibility index (Phi) is 6.58. The van der Waals surface area contributed by atoms with Crippen LogP contribution in [0.15, 0.2) is 12.1 Å². The van der Waals surface area contributed by atoms with Gasteiger partial charge in [0.15, 0.2) is 23.1 Å². The molecule has 0 atom stereocenters.